The van der Waals surface area contributed by atoms with E-state index in [1.54, 1.807) is 16.6 Å². The molecule has 0 radical (unpaired) electrons. The molecule has 27 heavy (non-hydrogen) atoms. The molecule has 7 nitrogen and oxygen atoms in total. The third-order valence-corrected chi connectivity index (χ3v) is 5.37. The number of aromatic nitrogens is 3. The van der Waals surface area contributed by atoms with E-state index in [9.17, 15) is 4.79 Å². The van der Waals surface area contributed by atoms with Crippen LogP contribution in [-0.2, 0) is 11.2 Å². The third-order valence-electron chi connectivity index (χ3n) is 4.61. The van der Waals surface area contributed by atoms with Crippen LogP contribution >= 0.6 is 11.3 Å². The summed E-state index contributed by atoms with van der Waals surface area (Å²) in [7, 11) is 0. The first-order valence-corrected chi connectivity index (χ1v) is 9.77. The normalized spacial score (nSPS) is 17.3. The lowest BCUT2D eigenvalue weighted by Gasteiger charge is -2.32. The van der Waals surface area contributed by atoms with E-state index >= 15 is 0 Å². The molecule has 0 aliphatic carbocycles. The standard InChI is InChI=1S/C19H20N4O3S/c1-3-15-18(12(2)22-26-15)14-6-4-5-13(21-14)16-10-23(7-8-25-16)19(24)17-9-20-11-27-17/h4-6,9,11,16H,3,7-8,10H2,1-2H3. The first kappa shape index (κ1) is 17.8. The summed E-state index contributed by atoms with van der Waals surface area (Å²) in [6, 6.07) is 5.84. The second-order valence-electron chi connectivity index (χ2n) is 6.34. The van der Waals surface area contributed by atoms with Crippen LogP contribution in [0.1, 0.15) is 39.8 Å². The first-order chi connectivity index (χ1) is 13.2. The molecule has 140 valence electrons. The summed E-state index contributed by atoms with van der Waals surface area (Å²) in [6.45, 7) is 5.46. The van der Waals surface area contributed by atoms with Gasteiger partial charge >= 0.3 is 0 Å². The molecule has 1 fully saturated rings. The van der Waals surface area contributed by atoms with Gasteiger partial charge in [0.2, 0.25) is 0 Å². The van der Waals surface area contributed by atoms with E-state index in [-0.39, 0.29) is 12.0 Å². The van der Waals surface area contributed by atoms with E-state index in [0.717, 1.165) is 34.8 Å². The van der Waals surface area contributed by atoms with Crippen molar-refractivity contribution in [3.8, 4) is 11.3 Å². The summed E-state index contributed by atoms with van der Waals surface area (Å²) in [4.78, 5) is 23.9. The highest BCUT2D eigenvalue weighted by molar-refractivity contribution is 7.11. The molecule has 1 atom stereocenters. The molecule has 0 aromatic carbocycles. The van der Waals surface area contributed by atoms with Crippen LogP contribution in [0.15, 0.2) is 34.4 Å². The van der Waals surface area contributed by atoms with Gasteiger partial charge in [-0.05, 0) is 19.1 Å². The fourth-order valence-corrected chi connectivity index (χ4v) is 3.83. The van der Waals surface area contributed by atoms with Crippen molar-refractivity contribution in [3.63, 3.8) is 0 Å². The van der Waals surface area contributed by atoms with Gasteiger partial charge in [0.15, 0.2) is 0 Å². The van der Waals surface area contributed by atoms with E-state index in [4.69, 9.17) is 14.2 Å². The zero-order valence-electron chi connectivity index (χ0n) is 15.2. The Morgan fingerprint density at radius 1 is 1.41 bits per heavy atom. The van der Waals surface area contributed by atoms with Gasteiger partial charge in [0.1, 0.15) is 16.7 Å². The van der Waals surface area contributed by atoms with Crippen molar-refractivity contribution in [2.75, 3.05) is 19.7 Å². The maximum atomic E-state index is 12.6. The predicted molar refractivity (Wildman–Crippen MR) is 101 cm³/mol. The number of carbonyl (C=O) groups excluding carboxylic acids is 1. The highest BCUT2D eigenvalue weighted by Gasteiger charge is 2.28. The smallest absolute Gasteiger partial charge is 0.265 e. The number of pyridine rings is 1. The van der Waals surface area contributed by atoms with Crippen molar-refractivity contribution in [2.45, 2.75) is 26.4 Å². The van der Waals surface area contributed by atoms with Gasteiger partial charge in [-0.1, -0.05) is 18.1 Å². The number of carbonyl (C=O) groups is 1. The van der Waals surface area contributed by atoms with Crippen LogP contribution in [-0.4, -0.2) is 45.6 Å². The van der Waals surface area contributed by atoms with Gasteiger partial charge in [-0.25, -0.2) is 4.98 Å². The molecule has 3 aromatic heterocycles. The number of aryl methyl sites for hydroxylation is 2. The molecule has 0 bridgehead atoms. The summed E-state index contributed by atoms with van der Waals surface area (Å²) in [5, 5.41) is 4.07. The van der Waals surface area contributed by atoms with Crippen molar-refractivity contribution in [1.82, 2.24) is 20.0 Å². The topological polar surface area (TPSA) is 81.4 Å². The van der Waals surface area contributed by atoms with Gasteiger partial charge in [0.25, 0.3) is 5.91 Å². The van der Waals surface area contributed by atoms with Crippen LogP contribution in [0.4, 0.5) is 0 Å². The number of rotatable bonds is 4. The van der Waals surface area contributed by atoms with Crippen LogP contribution < -0.4 is 0 Å². The Kier molecular flexibility index (Phi) is 5.00. The molecule has 1 amide bonds. The Bertz CT molecular complexity index is 938. The molecule has 8 heteroatoms. The molecule has 4 rings (SSSR count). The van der Waals surface area contributed by atoms with E-state index < -0.39 is 0 Å². The van der Waals surface area contributed by atoms with E-state index in [1.165, 1.54) is 11.3 Å². The molecule has 0 saturated carbocycles. The number of morpholine rings is 1. The van der Waals surface area contributed by atoms with Crippen molar-refractivity contribution >= 4 is 17.2 Å². The van der Waals surface area contributed by atoms with Crippen LogP contribution in [0, 0.1) is 6.92 Å². The molecule has 1 aliphatic heterocycles. The van der Waals surface area contributed by atoms with Crippen molar-refractivity contribution in [3.05, 3.63) is 51.9 Å². The highest BCUT2D eigenvalue weighted by atomic mass is 32.1. The van der Waals surface area contributed by atoms with Crippen LogP contribution in [0.25, 0.3) is 11.3 Å². The molecule has 3 aromatic rings. The summed E-state index contributed by atoms with van der Waals surface area (Å²) >= 11 is 1.35. The number of nitrogens with zero attached hydrogens (tertiary/aromatic N) is 4. The van der Waals surface area contributed by atoms with Crippen LogP contribution in [0.5, 0.6) is 0 Å². The summed E-state index contributed by atoms with van der Waals surface area (Å²) < 4.78 is 11.3. The molecule has 0 spiro atoms. The maximum Gasteiger partial charge on any atom is 0.265 e. The minimum atomic E-state index is -0.263. The van der Waals surface area contributed by atoms with Gasteiger partial charge in [0.05, 0.1) is 47.5 Å². The Balaban J connectivity index is 1.58. The van der Waals surface area contributed by atoms with Gasteiger partial charge in [-0.15, -0.1) is 11.3 Å². The van der Waals surface area contributed by atoms with Crippen molar-refractivity contribution in [2.24, 2.45) is 0 Å². The van der Waals surface area contributed by atoms with Gasteiger partial charge in [-0.3, -0.25) is 9.78 Å². The summed E-state index contributed by atoms with van der Waals surface area (Å²) in [5.74, 6) is 0.814. The van der Waals surface area contributed by atoms with Gasteiger partial charge in [0, 0.05) is 13.0 Å². The average Bonchev–Trinajstić information content (AvgIpc) is 3.37. The van der Waals surface area contributed by atoms with E-state index in [2.05, 4.69) is 10.1 Å². The van der Waals surface area contributed by atoms with E-state index in [0.29, 0.717) is 24.6 Å². The van der Waals surface area contributed by atoms with Crippen LogP contribution in [0.2, 0.25) is 0 Å². The third kappa shape index (κ3) is 3.50. The quantitative estimate of drug-likeness (QED) is 0.687. The Morgan fingerprint density at radius 2 is 2.30 bits per heavy atom. The van der Waals surface area contributed by atoms with Gasteiger partial charge < -0.3 is 14.2 Å². The maximum absolute atomic E-state index is 12.6. The number of thiazole rings is 1. The number of hydrogen-bond acceptors (Lipinski definition) is 7. The van der Waals surface area contributed by atoms with Crippen molar-refractivity contribution < 1.29 is 14.1 Å². The summed E-state index contributed by atoms with van der Waals surface area (Å²) in [5.41, 5.74) is 5.05. The minimum absolute atomic E-state index is 0.00916. The number of amides is 1. The lowest BCUT2D eigenvalue weighted by atomic mass is 10.1. The Morgan fingerprint density at radius 3 is 3.07 bits per heavy atom. The second kappa shape index (κ2) is 7.58. The molecule has 4 heterocycles. The second-order valence-corrected chi connectivity index (χ2v) is 7.23. The predicted octanol–water partition coefficient (Wildman–Crippen LogP) is 3.28. The zero-order chi connectivity index (χ0) is 18.8. The molecule has 1 unspecified atom stereocenters. The molecule has 1 aliphatic rings. The number of ether oxygens (including phenoxy) is 1. The minimum Gasteiger partial charge on any atom is -0.368 e. The van der Waals surface area contributed by atoms with E-state index in [1.807, 2.05) is 32.0 Å². The monoisotopic (exact) mass is 384 g/mol. The zero-order valence-corrected chi connectivity index (χ0v) is 16.0. The molecular weight excluding hydrogens is 364 g/mol. The SMILES string of the molecule is CCc1onc(C)c1-c1cccc(C2CN(C(=O)c3cncs3)CCO2)n1. The van der Waals surface area contributed by atoms with Gasteiger partial charge in [-0.2, -0.15) is 0 Å². The molecule has 1 saturated heterocycles. The highest BCUT2D eigenvalue weighted by Crippen LogP contribution is 2.29. The largest absolute Gasteiger partial charge is 0.368 e. The molecule has 0 N–H and O–H groups in total. The fourth-order valence-electron chi connectivity index (χ4n) is 3.25. The lowest BCUT2D eigenvalue weighted by molar-refractivity contribution is -0.0245. The first-order valence-electron chi connectivity index (χ1n) is 8.89. The van der Waals surface area contributed by atoms with Crippen LogP contribution in [0.3, 0.4) is 0 Å². The number of hydrogen-bond donors (Lipinski definition) is 0. The Labute approximate surface area is 161 Å². The summed E-state index contributed by atoms with van der Waals surface area (Å²) in [6.07, 6.45) is 2.09. The lowest BCUT2D eigenvalue weighted by Crippen LogP contribution is -2.42. The average molecular weight is 384 g/mol. The van der Waals surface area contributed by atoms with Crippen molar-refractivity contribution in [1.29, 1.82) is 0 Å². The molecular formula is C19H20N4O3S. The Hall–Kier alpha value is -2.58. The fraction of sp³-hybridized carbons (Fsp3) is 0.368.